The summed E-state index contributed by atoms with van der Waals surface area (Å²) in [5.74, 6) is 0.259. The summed E-state index contributed by atoms with van der Waals surface area (Å²) in [5, 5.41) is 2.88. The van der Waals surface area contributed by atoms with Crippen LogP contribution in [-0.2, 0) is 4.79 Å². The van der Waals surface area contributed by atoms with Crippen LogP contribution in [0.2, 0.25) is 0 Å². The molecule has 1 heterocycles. The van der Waals surface area contributed by atoms with E-state index in [1.165, 1.54) is 0 Å². The van der Waals surface area contributed by atoms with E-state index in [1.807, 2.05) is 0 Å². The molecule has 1 atom stereocenters. The van der Waals surface area contributed by atoms with Gasteiger partial charge in [-0.1, -0.05) is 0 Å². The summed E-state index contributed by atoms with van der Waals surface area (Å²) >= 11 is 0. The van der Waals surface area contributed by atoms with Gasteiger partial charge in [0.05, 0.1) is 6.04 Å². The van der Waals surface area contributed by atoms with Gasteiger partial charge in [-0.3, -0.25) is 4.79 Å². The number of carbonyl (C=O) groups is 1. The van der Waals surface area contributed by atoms with Gasteiger partial charge < -0.3 is 5.32 Å². The molecule has 0 aliphatic carbocycles. The lowest BCUT2D eigenvalue weighted by atomic mass is 10.3. The molecule has 34 valence electrons. The molecule has 2 heteroatoms. The Labute approximate surface area is 36.5 Å². The smallest absolute Gasteiger partial charge is 0.147 e. The molecule has 0 aromatic rings. The van der Waals surface area contributed by atoms with Gasteiger partial charge in [0.1, 0.15) is 5.78 Å². The normalized spacial score (nSPS) is 29.8. The van der Waals surface area contributed by atoms with E-state index >= 15 is 0 Å². The monoisotopic (exact) mass is 85.1 g/mol. The summed E-state index contributed by atoms with van der Waals surface area (Å²) in [6.07, 6.45) is 0. The van der Waals surface area contributed by atoms with Gasteiger partial charge in [-0.25, -0.2) is 0 Å². The van der Waals surface area contributed by atoms with Crippen molar-refractivity contribution in [3.63, 3.8) is 0 Å². The van der Waals surface area contributed by atoms with Crippen molar-refractivity contribution < 1.29 is 4.79 Å². The van der Waals surface area contributed by atoms with Gasteiger partial charge in [0.15, 0.2) is 0 Å². The highest BCUT2D eigenvalue weighted by Crippen LogP contribution is 1.95. The fourth-order valence-corrected chi connectivity index (χ4v) is 0.346. The first-order valence-electron chi connectivity index (χ1n) is 2.04. The van der Waals surface area contributed by atoms with Crippen LogP contribution < -0.4 is 5.32 Å². The first kappa shape index (κ1) is 3.81. The van der Waals surface area contributed by atoms with Crippen molar-refractivity contribution in [1.82, 2.24) is 5.32 Å². The Morgan fingerprint density at radius 1 is 2.00 bits per heavy atom. The number of rotatable bonds is 1. The maximum Gasteiger partial charge on any atom is 0.147 e. The van der Waals surface area contributed by atoms with Gasteiger partial charge in [-0.05, 0) is 6.92 Å². The maximum atomic E-state index is 10.1. The molecular weight excluding hydrogens is 78.0 g/mol. The van der Waals surface area contributed by atoms with Crippen LogP contribution in [0.1, 0.15) is 6.92 Å². The highest BCUT2D eigenvalue weighted by molar-refractivity contribution is 5.84. The quantitative estimate of drug-likeness (QED) is 0.438. The molecule has 0 saturated carbocycles. The van der Waals surface area contributed by atoms with Crippen LogP contribution in [0.25, 0.3) is 0 Å². The Kier molecular flexibility index (Phi) is 0.665. The van der Waals surface area contributed by atoms with Gasteiger partial charge in [0.25, 0.3) is 0 Å². The molecule has 0 radical (unpaired) electrons. The number of hydrogen-bond acceptors (Lipinski definition) is 2. The van der Waals surface area contributed by atoms with Crippen LogP contribution in [0.3, 0.4) is 0 Å². The number of hydrogen-bond donors (Lipinski definition) is 1. The van der Waals surface area contributed by atoms with Crippen molar-refractivity contribution in [2.45, 2.75) is 13.0 Å². The highest BCUT2D eigenvalue weighted by Gasteiger charge is 2.24. The molecule has 0 bridgehead atoms. The maximum absolute atomic E-state index is 10.1. The molecular formula is C4H7NO. The summed E-state index contributed by atoms with van der Waals surface area (Å²) in [5.41, 5.74) is 0. The van der Waals surface area contributed by atoms with Crippen LogP contribution in [0.5, 0.6) is 0 Å². The van der Waals surface area contributed by atoms with Gasteiger partial charge in [-0.15, -0.1) is 0 Å². The fraction of sp³-hybridized carbons (Fsp3) is 0.750. The van der Waals surface area contributed by atoms with Crippen LogP contribution in [-0.4, -0.2) is 18.4 Å². The molecule has 1 unspecified atom stereocenters. The number of ketones is 1. The Morgan fingerprint density at radius 3 is 2.50 bits per heavy atom. The summed E-state index contributed by atoms with van der Waals surface area (Å²) in [6, 6.07) is 0.213. The third-order valence-corrected chi connectivity index (χ3v) is 0.899. The third kappa shape index (κ3) is 0.571. The van der Waals surface area contributed by atoms with Gasteiger partial charge in [0, 0.05) is 6.54 Å². The molecule has 0 amide bonds. The van der Waals surface area contributed by atoms with E-state index in [0.29, 0.717) is 0 Å². The van der Waals surface area contributed by atoms with E-state index in [9.17, 15) is 4.79 Å². The molecule has 2 nitrogen and oxygen atoms in total. The standard InChI is InChI=1S/C4H7NO/c1-3(6)4-2-5-4/h4-5H,2H2,1H3. The second kappa shape index (κ2) is 1.05. The lowest BCUT2D eigenvalue weighted by Crippen LogP contribution is -2.02. The Morgan fingerprint density at radius 2 is 2.50 bits per heavy atom. The van der Waals surface area contributed by atoms with Gasteiger partial charge >= 0.3 is 0 Å². The predicted octanol–water partition coefficient (Wildman–Crippen LogP) is -0.453. The van der Waals surface area contributed by atoms with E-state index in [-0.39, 0.29) is 11.8 Å². The minimum absolute atomic E-state index is 0.213. The fourth-order valence-electron chi connectivity index (χ4n) is 0.346. The average molecular weight is 85.1 g/mol. The zero-order valence-electron chi connectivity index (χ0n) is 3.69. The molecule has 0 aromatic carbocycles. The molecule has 1 rings (SSSR count). The van der Waals surface area contributed by atoms with Crippen molar-refractivity contribution in [2.75, 3.05) is 6.54 Å². The summed E-state index contributed by atoms with van der Waals surface area (Å²) in [4.78, 5) is 10.1. The topological polar surface area (TPSA) is 39.0 Å². The van der Waals surface area contributed by atoms with Crippen LogP contribution >= 0.6 is 0 Å². The molecule has 1 aliphatic heterocycles. The summed E-state index contributed by atoms with van der Waals surface area (Å²) in [6.45, 7) is 2.50. The van der Waals surface area contributed by atoms with E-state index in [0.717, 1.165) is 6.54 Å². The van der Waals surface area contributed by atoms with Crippen molar-refractivity contribution >= 4 is 5.78 Å². The second-order valence-corrected chi connectivity index (χ2v) is 1.57. The third-order valence-electron chi connectivity index (χ3n) is 0.899. The zero-order valence-corrected chi connectivity index (χ0v) is 3.69. The molecule has 0 aromatic heterocycles. The molecule has 1 aliphatic rings. The summed E-state index contributed by atoms with van der Waals surface area (Å²) in [7, 11) is 0. The molecule has 0 spiro atoms. The summed E-state index contributed by atoms with van der Waals surface area (Å²) < 4.78 is 0. The first-order valence-corrected chi connectivity index (χ1v) is 2.04. The first-order chi connectivity index (χ1) is 2.80. The number of carbonyl (C=O) groups excluding carboxylic acids is 1. The van der Waals surface area contributed by atoms with Crippen LogP contribution in [0.15, 0.2) is 0 Å². The molecule has 1 fully saturated rings. The van der Waals surface area contributed by atoms with Crippen molar-refractivity contribution in [1.29, 1.82) is 0 Å². The highest BCUT2D eigenvalue weighted by atomic mass is 16.1. The lowest BCUT2D eigenvalue weighted by molar-refractivity contribution is -0.116. The minimum Gasteiger partial charge on any atom is -0.304 e. The molecule has 6 heavy (non-hydrogen) atoms. The lowest BCUT2D eigenvalue weighted by Gasteiger charge is -1.74. The zero-order chi connectivity index (χ0) is 4.57. The van der Waals surface area contributed by atoms with Crippen molar-refractivity contribution in [3.05, 3.63) is 0 Å². The molecule has 1 saturated heterocycles. The Hall–Kier alpha value is -0.370. The Balaban J connectivity index is 2.31. The second-order valence-electron chi connectivity index (χ2n) is 1.57. The number of nitrogens with one attached hydrogen (secondary N) is 1. The average Bonchev–Trinajstić information content (AvgIpc) is 2.06. The van der Waals surface area contributed by atoms with E-state index in [2.05, 4.69) is 5.32 Å². The van der Waals surface area contributed by atoms with Gasteiger partial charge in [-0.2, -0.15) is 0 Å². The van der Waals surface area contributed by atoms with E-state index < -0.39 is 0 Å². The van der Waals surface area contributed by atoms with Crippen molar-refractivity contribution in [3.8, 4) is 0 Å². The Bertz CT molecular complexity index is 75.6. The molecule has 1 N–H and O–H groups in total. The number of Topliss-reactive ketones (excluding diaryl/α,β-unsaturated/α-hetero) is 1. The van der Waals surface area contributed by atoms with Crippen LogP contribution in [0, 0.1) is 0 Å². The van der Waals surface area contributed by atoms with Crippen LogP contribution in [0.4, 0.5) is 0 Å². The van der Waals surface area contributed by atoms with Crippen molar-refractivity contribution in [2.24, 2.45) is 0 Å². The van der Waals surface area contributed by atoms with E-state index in [1.54, 1.807) is 6.92 Å². The van der Waals surface area contributed by atoms with Gasteiger partial charge in [0.2, 0.25) is 0 Å². The predicted molar refractivity (Wildman–Crippen MR) is 22.5 cm³/mol. The SMILES string of the molecule is CC(=O)C1CN1. The largest absolute Gasteiger partial charge is 0.304 e. The van der Waals surface area contributed by atoms with E-state index in [4.69, 9.17) is 0 Å². The minimum atomic E-state index is 0.213.